The molecule has 122 valence electrons. The number of non-ortho nitro benzene ring substituents is 1. The van der Waals surface area contributed by atoms with Crippen molar-refractivity contribution in [1.29, 1.82) is 0 Å². The highest BCUT2D eigenvalue weighted by Crippen LogP contribution is 2.20. The maximum absolute atomic E-state index is 12.1. The van der Waals surface area contributed by atoms with Gasteiger partial charge in [-0.15, -0.1) is 0 Å². The number of hydrogen-bond acceptors (Lipinski definition) is 3. The molecule has 0 atom stereocenters. The lowest BCUT2D eigenvalue weighted by molar-refractivity contribution is -0.384. The van der Waals surface area contributed by atoms with Gasteiger partial charge >= 0.3 is 0 Å². The van der Waals surface area contributed by atoms with Crippen molar-refractivity contribution < 1.29 is 9.72 Å². The van der Waals surface area contributed by atoms with E-state index in [2.05, 4.69) is 17.2 Å². The van der Waals surface area contributed by atoms with Crippen LogP contribution in [-0.4, -0.2) is 10.8 Å². The monoisotopic (exact) mass is 322 g/mol. The predicted molar refractivity (Wildman–Crippen MR) is 93.6 cm³/mol. The summed E-state index contributed by atoms with van der Waals surface area (Å²) >= 11 is 0. The van der Waals surface area contributed by atoms with Gasteiger partial charge in [-0.1, -0.05) is 44.7 Å². The molecule has 0 aliphatic rings. The minimum atomic E-state index is -0.501. The van der Waals surface area contributed by atoms with Gasteiger partial charge in [0.15, 0.2) is 0 Å². The van der Waals surface area contributed by atoms with Crippen LogP contribution in [0.25, 0.3) is 0 Å². The van der Waals surface area contributed by atoms with Crippen LogP contribution in [0.15, 0.2) is 48.5 Å². The Morgan fingerprint density at radius 3 is 2.25 bits per heavy atom. The van der Waals surface area contributed by atoms with Crippen molar-refractivity contribution in [3.8, 4) is 11.8 Å². The van der Waals surface area contributed by atoms with Gasteiger partial charge in [-0.3, -0.25) is 14.9 Å². The number of carbonyl (C=O) groups is 1. The van der Waals surface area contributed by atoms with Crippen LogP contribution in [-0.2, 0) is 4.79 Å². The molecular weight excluding hydrogens is 304 g/mol. The molecule has 5 heteroatoms. The largest absolute Gasteiger partial charge is 0.325 e. The molecule has 2 aromatic rings. The molecule has 0 bridgehead atoms. The average molecular weight is 322 g/mol. The molecule has 0 fully saturated rings. The maximum atomic E-state index is 12.1. The lowest BCUT2D eigenvalue weighted by Gasteiger charge is -2.18. The van der Waals surface area contributed by atoms with Crippen molar-refractivity contribution in [1.82, 2.24) is 0 Å². The number of amides is 1. The van der Waals surface area contributed by atoms with Crippen LogP contribution < -0.4 is 5.32 Å². The van der Waals surface area contributed by atoms with E-state index in [0.717, 1.165) is 0 Å². The molecule has 0 radical (unpaired) electrons. The Morgan fingerprint density at radius 2 is 1.67 bits per heavy atom. The normalized spacial score (nSPS) is 10.5. The average Bonchev–Trinajstić information content (AvgIpc) is 2.53. The molecule has 0 unspecified atom stereocenters. The second-order valence-electron chi connectivity index (χ2n) is 6.30. The Morgan fingerprint density at radius 1 is 1.04 bits per heavy atom. The van der Waals surface area contributed by atoms with Gasteiger partial charge in [0.05, 0.1) is 10.6 Å². The molecular formula is C19H18N2O3. The number of nitrogens with zero attached hydrogens (tertiary/aromatic N) is 1. The quantitative estimate of drug-likeness (QED) is 0.516. The number of nitro groups is 1. The van der Waals surface area contributed by atoms with E-state index < -0.39 is 10.3 Å². The van der Waals surface area contributed by atoms with Crippen LogP contribution in [0.2, 0.25) is 0 Å². The Balaban J connectivity index is 2.25. The number of para-hydroxylation sites is 1. The number of benzene rings is 2. The van der Waals surface area contributed by atoms with E-state index in [-0.39, 0.29) is 11.6 Å². The number of nitrogens with one attached hydrogen (secondary N) is 1. The van der Waals surface area contributed by atoms with Gasteiger partial charge in [0.1, 0.15) is 0 Å². The number of hydrogen-bond donors (Lipinski definition) is 1. The molecule has 24 heavy (non-hydrogen) atoms. The summed E-state index contributed by atoms with van der Waals surface area (Å²) in [5.74, 6) is 5.87. The third-order valence-electron chi connectivity index (χ3n) is 3.28. The highest BCUT2D eigenvalue weighted by atomic mass is 16.6. The number of nitro benzene ring substituents is 1. The smallest absolute Gasteiger partial charge is 0.269 e. The lowest BCUT2D eigenvalue weighted by atomic mass is 9.95. The van der Waals surface area contributed by atoms with Crippen molar-refractivity contribution in [3.63, 3.8) is 0 Å². The van der Waals surface area contributed by atoms with Crippen LogP contribution in [0, 0.1) is 27.4 Å². The SMILES string of the molecule is CC(C)(C)C(=O)Nc1ccccc1C#Cc1ccc([N+](=O)[O-])cc1. The summed E-state index contributed by atoms with van der Waals surface area (Å²) in [7, 11) is 0. The Hall–Kier alpha value is -3.13. The Kier molecular flexibility index (Phi) is 5.00. The predicted octanol–water partition coefficient (Wildman–Crippen LogP) is 3.98. The van der Waals surface area contributed by atoms with Gasteiger partial charge in [0, 0.05) is 28.7 Å². The lowest BCUT2D eigenvalue weighted by Crippen LogP contribution is -2.27. The second kappa shape index (κ2) is 6.97. The van der Waals surface area contributed by atoms with Crippen LogP contribution in [0.1, 0.15) is 31.9 Å². The number of anilines is 1. The molecule has 0 aliphatic carbocycles. The van der Waals surface area contributed by atoms with Gasteiger partial charge in [0.25, 0.3) is 5.69 Å². The van der Waals surface area contributed by atoms with Crippen LogP contribution >= 0.6 is 0 Å². The zero-order valence-corrected chi connectivity index (χ0v) is 13.8. The minimum Gasteiger partial charge on any atom is -0.325 e. The minimum absolute atomic E-state index is 0.0263. The molecule has 0 aromatic heterocycles. The third-order valence-corrected chi connectivity index (χ3v) is 3.28. The summed E-state index contributed by atoms with van der Waals surface area (Å²) in [6.07, 6.45) is 0. The van der Waals surface area contributed by atoms with Gasteiger partial charge < -0.3 is 5.32 Å². The molecule has 0 heterocycles. The van der Waals surface area contributed by atoms with E-state index >= 15 is 0 Å². The van der Waals surface area contributed by atoms with Gasteiger partial charge in [-0.2, -0.15) is 0 Å². The summed E-state index contributed by atoms with van der Waals surface area (Å²) < 4.78 is 0. The second-order valence-corrected chi connectivity index (χ2v) is 6.30. The first-order chi connectivity index (χ1) is 11.3. The summed E-state index contributed by atoms with van der Waals surface area (Å²) in [6, 6.07) is 13.3. The standard InChI is InChI=1S/C19H18N2O3/c1-19(2,3)18(22)20-17-7-5-4-6-15(17)11-8-14-9-12-16(13-10-14)21(23)24/h4-7,9-10,12-13H,1-3H3,(H,20,22). The molecule has 0 saturated carbocycles. The Bertz CT molecular complexity index is 822. The zero-order valence-electron chi connectivity index (χ0n) is 13.8. The van der Waals surface area contributed by atoms with Gasteiger partial charge in [0.2, 0.25) is 5.91 Å². The van der Waals surface area contributed by atoms with Crippen molar-refractivity contribution in [2.75, 3.05) is 5.32 Å². The summed E-state index contributed by atoms with van der Waals surface area (Å²) in [6.45, 7) is 5.52. The summed E-state index contributed by atoms with van der Waals surface area (Å²) in [5.41, 5.74) is 1.52. The molecule has 0 spiro atoms. The third kappa shape index (κ3) is 4.43. The zero-order chi connectivity index (χ0) is 17.7. The van der Waals surface area contributed by atoms with Crippen molar-refractivity contribution in [2.24, 2.45) is 5.41 Å². The highest BCUT2D eigenvalue weighted by Gasteiger charge is 2.21. The van der Waals surface area contributed by atoms with E-state index in [1.54, 1.807) is 18.2 Å². The van der Waals surface area contributed by atoms with E-state index in [9.17, 15) is 14.9 Å². The highest BCUT2D eigenvalue weighted by molar-refractivity contribution is 5.95. The van der Waals surface area contributed by atoms with E-state index in [0.29, 0.717) is 16.8 Å². The van der Waals surface area contributed by atoms with Crippen molar-refractivity contribution >= 4 is 17.3 Å². The number of carbonyl (C=O) groups excluding carboxylic acids is 1. The summed E-state index contributed by atoms with van der Waals surface area (Å²) in [5, 5.41) is 13.5. The van der Waals surface area contributed by atoms with E-state index in [4.69, 9.17) is 0 Å². The molecule has 0 saturated heterocycles. The molecule has 1 N–H and O–H groups in total. The first kappa shape index (κ1) is 17.2. The maximum Gasteiger partial charge on any atom is 0.269 e. The van der Waals surface area contributed by atoms with Crippen molar-refractivity contribution in [3.05, 3.63) is 69.8 Å². The number of rotatable bonds is 2. The molecule has 1 amide bonds. The Labute approximate surface area is 140 Å². The molecule has 2 aromatic carbocycles. The first-order valence-electron chi connectivity index (χ1n) is 7.44. The van der Waals surface area contributed by atoms with Crippen LogP contribution in [0.3, 0.4) is 0 Å². The topological polar surface area (TPSA) is 72.2 Å². The van der Waals surface area contributed by atoms with Crippen LogP contribution in [0.4, 0.5) is 11.4 Å². The van der Waals surface area contributed by atoms with Gasteiger partial charge in [-0.05, 0) is 24.3 Å². The van der Waals surface area contributed by atoms with Crippen molar-refractivity contribution in [2.45, 2.75) is 20.8 Å². The van der Waals surface area contributed by atoms with E-state index in [1.165, 1.54) is 12.1 Å². The summed E-state index contributed by atoms with van der Waals surface area (Å²) in [4.78, 5) is 22.3. The fourth-order valence-electron chi connectivity index (χ4n) is 1.82. The van der Waals surface area contributed by atoms with Crippen LogP contribution in [0.5, 0.6) is 0 Å². The molecule has 2 rings (SSSR count). The molecule has 0 aliphatic heterocycles. The molecule has 5 nitrogen and oxygen atoms in total. The van der Waals surface area contributed by atoms with E-state index in [1.807, 2.05) is 39.0 Å². The fourth-order valence-corrected chi connectivity index (χ4v) is 1.82. The van der Waals surface area contributed by atoms with Gasteiger partial charge in [-0.25, -0.2) is 0 Å². The first-order valence-corrected chi connectivity index (χ1v) is 7.44. The fraction of sp³-hybridized carbons (Fsp3) is 0.211.